The summed E-state index contributed by atoms with van der Waals surface area (Å²) < 4.78 is 23.7. The minimum Gasteiger partial charge on any atom is -0.387 e. The predicted molar refractivity (Wildman–Crippen MR) is 67.9 cm³/mol. The Hall–Kier alpha value is -0.460. The van der Waals surface area contributed by atoms with Crippen LogP contribution in [0, 0.1) is 0 Å². The van der Waals surface area contributed by atoms with Gasteiger partial charge >= 0.3 is 0 Å². The van der Waals surface area contributed by atoms with Crippen molar-refractivity contribution in [3.8, 4) is 0 Å². The fraction of sp³-hybridized carbons (Fsp3) is 0.727. The van der Waals surface area contributed by atoms with Crippen LogP contribution in [0.5, 0.6) is 0 Å². The first-order chi connectivity index (χ1) is 7.99. The molecule has 1 aliphatic rings. The second kappa shape index (κ2) is 5.04. The number of aromatic nitrogens is 1. The number of aliphatic hydroxyl groups excluding tert-OH is 1. The number of sulfone groups is 1. The Labute approximate surface area is 106 Å². The van der Waals surface area contributed by atoms with E-state index in [-0.39, 0.29) is 5.25 Å². The number of rotatable bonds is 3. The number of thiazole rings is 1. The Morgan fingerprint density at radius 2 is 2.35 bits per heavy atom. The monoisotopic (exact) mass is 275 g/mol. The van der Waals surface area contributed by atoms with Crippen LogP contribution >= 0.6 is 11.3 Å². The van der Waals surface area contributed by atoms with Crippen LogP contribution in [0.3, 0.4) is 0 Å². The third-order valence-corrected chi connectivity index (χ3v) is 6.28. The Morgan fingerprint density at radius 3 is 2.94 bits per heavy atom. The number of hydrogen-bond donors (Lipinski definition) is 1. The van der Waals surface area contributed by atoms with Crippen LogP contribution < -0.4 is 0 Å². The molecule has 96 valence electrons. The normalized spacial score (nSPS) is 25.6. The van der Waals surface area contributed by atoms with Gasteiger partial charge in [0.25, 0.3) is 0 Å². The van der Waals surface area contributed by atoms with Crippen molar-refractivity contribution >= 4 is 21.2 Å². The summed E-state index contributed by atoms with van der Waals surface area (Å²) >= 11 is 1.44. The average molecular weight is 275 g/mol. The van der Waals surface area contributed by atoms with Crippen molar-refractivity contribution in [1.29, 1.82) is 0 Å². The van der Waals surface area contributed by atoms with Crippen LogP contribution in [0.2, 0.25) is 0 Å². The molecule has 1 aromatic heterocycles. The molecule has 0 aliphatic carbocycles. The van der Waals surface area contributed by atoms with E-state index in [1.807, 2.05) is 0 Å². The van der Waals surface area contributed by atoms with E-state index in [2.05, 4.69) is 4.98 Å². The second-order valence-corrected chi connectivity index (χ2v) is 7.87. The van der Waals surface area contributed by atoms with E-state index >= 15 is 0 Å². The van der Waals surface area contributed by atoms with E-state index in [1.165, 1.54) is 11.3 Å². The first-order valence-electron chi connectivity index (χ1n) is 5.83. The van der Waals surface area contributed by atoms with Crippen molar-refractivity contribution in [1.82, 2.24) is 4.98 Å². The highest BCUT2D eigenvalue weighted by molar-refractivity contribution is 7.92. The third kappa shape index (κ3) is 3.05. The molecule has 6 heteroatoms. The first-order valence-corrected chi connectivity index (χ1v) is 8.42. The zero-order chi connectivity index (χ0) is 12.5. The van der Waals surface area contributed by atoms with E-state index in [1.54, 1.807) is 12.3 Å². The summed E-state index contributed by atoms with van der Waals surface area (Å²) in [5.74, 6) is 0.312. The summed E-state index contributed by atoms with van der Waals surface area (Å²) in [7, 11) is -2.93. The van der Waals surface area contributed by atoms with Gasteiger partial charge < -0.3 is 5.11 Å². The van der Waals surface area contributed by atoms with Crippen molar-refractivity contribution in [3.05, 3.63) is 16.1 Å². The van der Waals surface area contributed by atoms with Crippen LogP contribution in [-0.4, -0.2) is 29.5 Å². The summed E-state index contributed by atoms with van der Waals surface area (Å²) in [5, 5.41) is 11.7. The summed E-state index contributed by atoms with van der Waals surface area (Å²) in [6.45, 7) is 1.66. The molecule has 0 radical (unpaired) electrons. The molecule has 1 N–H and O–H groups in total. The highest BCUT2D eigenvalue weighted by Crippen LogP contribution is 2.25. The van der Waals surface area contributed by atoms with Crippen molar-refractivity contribution in [2.75, 3.05) is 5.75 Å². The number of hydrogen-bond acceptors (Lipinski definition) is 5. The molecule has 1 saturated heterocycles. The molecule has 2 atom stereocenters. The summed E-state index contributed by atoms with van der Waals surface area (Å²) in [6, 6.07) is 0. The van der Waals surface area contributed by atoms with E-state index in [9.17, 15) is 13.5 Å². The smallest absolute Gasteiger partial charge is 0.153 e. The van der Waals surface area contributed by atoms with Gasteiger partial charge in [-0.15, -0.1) is 11.3 Å². The lowest BCUT2D eigenvalue weighted by molar-refractivity contribution is 0.195. The summed E-state index contributed by atoms with van der Waals surface area (Å²) in [6.07, 6.45) is 2.43. The topological polar surface area (TPSA) is 67.3 Å². The van der Waals surface area contributed by atoms with E-state index in [0.29, 0.717) is 17.9 Å². The Bertz CT molecular complexity index is 479. The minimum atomic E-state index is -2.93. The fourth-order valence-corrected chi connectivity index (χ4v) is 5.00. The van der Waals surface area contributed by atoms with Crippen molar-refractivity contribution in [2.24, 2.45) is 0 Å². The maximum Gasteiger partial charge on any atom is 0.153 e. The zero-order valence-corrected chi connectivity index (χ0v) is 11.4. The average Bonchev–Trinajstić information content (AvgIpc) is 2.70. The predicted octanol–water partition coefficient (Wildman–Crippen LogP) is 1.71. The molecule has 1 fully saturated rings. The van der Waals surface area contributed by atoms with Gasteiger partial charge in [0.1, 0.15) is 0 Å². The molecule has 0 amide bonds. The number of nitrogens with zero attached hydrogens (tertiary/aromatic N) is 1. The van der Waals surface area contributed by atoms with Crippen molar-refractivity contribution < 1.29 is 13.5 Å². The molecule has 2 heterocycles. The van der Waals surface area contributed by atoms with Crippen molar-refractivity contribution in [3.63, 3.8) is 0 Å². The van der Waals surface area contributed by atoms with Gasteiger partial charge in [-0.25, -0.2) is 13.4 Å². The summed E-state index contributed by atoms with van der Waals surface area (Å²) in [5.41, 5.74) is 0.637. The molecule has 0 spiro atoms. The van der Waals surface area contributed by atoms with Crippen LogP contribution in [-0.2, 0) is 16.3 Å². The van der Waals surface area contributed by atoms with Gasteiger partial charge in [0.2, 0.25) is 0 Å². The van der Waals surface area contributed by atoms with Gasteiger partial charge in [0.15, 0.2) is 9.84 Å². The maximum atomic E-state index is 11.9. The lowest BCUT2D eigenvalue weighted by Crippen LogP contribution is -2.30. The first kappa shape index (κ1) is 13.0. The van der Waals surface area contributed by atoms with Gasteiger partial charge in [0.05, 0.1) is 27.8 Å². The third-order valence-electron chi connectivity index (χ3n) is 3.11. The Morgan fingerprint density at radius 1 is 1.59 bits per heavy atom. The lowest BCUT2D eigenvalue weighted by Gasteiger charge is -2.21. The van der Waals surface area contributed by atoms with Gasteiger partial charge in [-0.05, 0) is 19.8 Å². The molecule has 1 aromatic rings. The Balaban J connectivity index is 2.09. The molecule has 0 bridgehead atoms. The molecule has 1 aliphatic heterocycles. The molecule has 4 nitrogen and oxygen atoms in total. The van der Waals surface area contributed by atoms with E-state index in [0.717, 1.165) is 24.3 Å². The lowest BCUT2D eigenvalue weighted by atomic mass is 10.1. The quantitative estimate of drug-likeness (QED) is 0.912. The summed E-state index contributed by atoms with van der Waals surface area (Å²) in [4.78, 5) is 4.27. The van der Waals surface area contributed by atoms with Crippen LogP contribution in [0.25, 0.3) is 0 Å². The molecule has 0 saturated carbocycles. The minimum absolute atomic E-state index is 0.274. The molecule has 0 aromatic carbocycles. The SMILES string of the molecule is CC(O)c1csc(CC2CCCCS2(=O)=O)n1. The highest BCUT2D eigenvalue weighted by atomic mass is 32.2. The largest absolute Gasteiger partial charge is 0.387 e. The molecular formula is C11H17NO3S2. The maximum absolute atomic E-state index is 11.9. The van der Waals surface area contributed by atoms with Crippen LogP contribution in [0.15, 0.2) is 5.38 Å². The molecule has 2 rings (SSSR count). The van der Waals surface area contributed by atoms with Gasteiger partial charge in [-0.1, -0.05) is 6.42 Å². The second-order valence-electron chi connectivity index (χ2n) is 4.53. The van der Waals surface area contributed by atoms with E-state index in [4.69, 9.17) is 0 Å². The van der Waals surface area contributed by atoms with Gasteiger partial charge in [0, 0.05) is 11.8 Å². The number of aliphatic hydroxyl groups is 1. The van der Waals surface area contributed by atoms with E-state index < -0.39 is 15.9 Å². The fourth-order valence-electron chi connectivity index (χ4n) is 2.06. The Kier molecular flexibility index (Phi) is 3.85. The molecule has 2 unspecified atom stereocenters. The standard InChI is InChI=1S/C11H17NO3S2/c1-8(13)10-7-16-11(12-10)6-9-4-2-3-5-17(9,14)15/h7-9,13H,2-6H2,1H3. The highest BCUT2D eigenvalue weighted by Gasteiger charge is 2.29. The zero-order valence-electron chi connectivity index (χ0n) is 9.80. The van der Waals surface area contributed by atoms with Gasteiger partial charge in [-0.2, -0.15) is 0 Å². The molecular weight excluding hydrogens is 258 g/mol. The van der Waals surface area contributed by atoms with Crippen molar-refractivity contribution in [2.45, 2.75) is 44.0 Å². The van der Waals surface area contributed by atoms with Gasteiger partial charge in [-0.3, -0.25) is 0 Å². The molecule has 17 heavy (non-hydrogen) atoms. The van der Waals surface area contributed by atoms with Crippen LogP contribution in [0.1, 0.15) is 43.0 Å². The van der Waals surface area contributed by atoms with Crippen LogP contribution in [0.4, 0.5) is 0 Å².